The van der Waals surface area contributed by atoms with Gasteiger partial charge in [0, 0.05) is 12.8 Å². The van der Waals surface area contributed by atoms with Crippen molar-refractivity contribution in [3.05, 3.63) is 11.6 Å². The third kappa shape index (κ3) is 4.37. The number of aromatic nitrogens is 3. The Kier molecular flexibility index (Phi) is 5.46. The van der Waals surface area contributed by atoms with E-state index in [1.54, 1.807) is 6.92 Å². The predicted molar refractivity (Wildman–Crippen MR) is 80.4 cm³/mol. The van der Waals surface area contributed by atoms with Crippen molar-refractivity contribution in [2.24, 2.45) is 11.8 Å². The second kappa shape index (κ2) is 7.34. The Balaban J connectivity index is 2.07. The zero-order valence-corrected chi connectivity index (χ0v) is 13.6. The lowest BCUT2D eigenvalue weighted by Gasteiger charge is -2.26. The highest BCUT2D eigenvalue weighted by Gasteiger charge is 2.34. The second-order valence-corrected chi connectivity index (χ2v) is 6.10. The highest BCUT2D eigenvalue weighted by atomic mass is 16.5. The largest absolute Gasteiger partial charge is 0.460 e. The fraction of sp³-hybridized carbons (Fsp3) is 0.667. The van der Waals surface area contributed by atoms with Gasteiger partial charge in [-0.1, -0.05) is 13.8 Å². The van der Waals surface area contributed by atoms with E-state index in [-0.39, 0.29) is 36.1 Å². The average molecular weight is 322 g/mol. The van der Waals surface area contributed by atoms with Gasteiger partial charge in [0.25, 0.3) is 5.82 Å². The minimum atomic E-state index is -0.603. The molecule has 1 unspecified atom stereocenters. The zero-order chi connectivity index (χ0) is 17.0. The minimum absolute atomic E-state index is 0.0522. The molecule has 1 fully saturated rings. The molecule has 2 N–H and O–H groups in total. The first-order valence-electron chi connectivity index (χ1n) is 7.82. The summed E-state index contributed by atoms with van der Waals surface area (Å²) in [5, 5.41) is 9.44. The van der Waals surface area contributed by atoms with Crippen LogP contribution in [0.1, 0.15) is 62.5 Å². The minimum Gasteiger partial charge on any atom is -0.460 e. The lowest BCUT2D eigenvalue weighted by atomic mass is 9.83. The highest BCUT2D eigenvalue weighted by Crippen LogP contribution is 2.25. The smallest absolute Gasteiger partial charge is 0.378 e. The maximum atomic E-state index is 12.2. The van der Waals surface area contributed by atoms with Gasteiger partial charge in [-0.05, 0) is 19.3 Å². The molecule has 126 valence electrons. The molecular formula is C15H22N4O4. The molecule has 0 saturated heterocycles. The number of nitrogens with one attached hydrogen (secondary N) is 2. The lowest BCUT2D eigenvalue weighted by Crippen LogP contribution is -2.41. The van der Waals surface area contributed by atoms with Gasteiger partial charge in [0.1, 0.15) is 11.6 Å². The van der Waals surface area contributed by atoms with E-state index in [0.29, 0.717) is 31.0 Å². The third-order valence-electron chi connectivity index (χ3n) is 3.63. The van der Waals surface area contributed by atoms with E-state index < -0.39 is 5.97 Å². The maximum Gasteiger partial charge on any atom is 0.378 e. The SMILES string of the molecule is CCOC(=O)c1n[nH]c(C(CC(C)C)NC(=O)C2CC(=O)C2)n1. The topological polar surface area (TPSA) is 114 Å². The summed E-state index contributed by atoms with van der Waals surface area (Å²) in [6.07, 6.45) is 1.24. The van der Waals surface area contributed by atoms with E-state index in [0.717, 1.165) is 0 Å². The predicted octanol–water partition coefficient (Wildman–Crippen LogP) is 1.16. The molecule has 8 nitrogen and oxygen atoms in total. The number of hydrogen-bond donors (Lipinski definition) is 2. The number of rotatable bonds is 7. The van der Waals surface area contributed by atoms with Crippen molar-refractivity contribution >= 4 is 17.7 Å². The lowest BCUT2D eigenvalue weighted by molar-refractivity contribution is -0.138. The maximum absolute atomic E-state index is 12.2. The normalized spacial score (nSPS) is 16.1. The molecule has 23 heavy (non-hydrogen) atoms. The first kappa shape index (κ1) is 17.1. The molecule has 1 heterocycles. The van der Waals surface area contributed by atoms with Crippen LogP contribution in [0.5, 0.6) is 0 Å². The fourth-order valence-electron chi connectivity index (χ4n) is 2.39. The van der Waals surface area contributed by atoms with Crippen molar-refractivity contribution in [3.63, 3.8) is 0 Å². The summed E-state index contributed by atoms with van der Waals surface area (Å²) in [6.45, 7) is 5.99. The number of hydrogen-bond acceptors (Lipinski definition) is 6. The van der Waals surface area contributed by atoms with Gasteiger partial charge in [0.05, 0.1) is 18.6 Å². The van der Waals surface area contributed by atoms with E-state index >= 15 is 0 Å². The quantitative estimate of drug-likeness (QED) is 0.728. The molecule has 1 aliphatic rings. The Morgan fingerprint density at radius 2 is 2.09 bits per heavy atom. The molecular weight excluding hydrogens is 300 g/mol. The van der Waals surface area contributed by atoms with Crippen molar-refractivity contribution in [3.8, 4) is 0 Å². The summed E-state index contributed by atoms with van der Waals surface area (Å²) < 4.78 is 4.85. The van der Waals surface area contributed by atoms with Crippen LogP contribution in [0.2, 0.25) is 0 Å². The van der Waals surface area contributed by atoms with Crippen LogP contribution in [0, 0.1) is 11.8 Å². The van der Waals surface area contributed by atoms with E-state index in [9.17, 15) is 14.4 Å². The molecule has 0 spiro atoms. The molecule has 2 rings (SSSR count). The number of ketones is 1. The number of esters is 1. The molecule has 1 aliphatic carbocycles. The molecule has 0 aliphatic heterocycles. The van der Waals surface area contributed by atoms with Gasteiger partial charge < -0.3 is 10.1 Å². The second-order valence-electron chi connectivity index (χ2n) is 6.10. The fourth-order valence-corrected chi connectivity index (χ4v) is 2.39. The van der Waals surface area contributed by atoms with E-state index in [4.69, 9.17) is 4.74 Å². The van der Waals surface area contributed by atoms with Crippen LogP contribution in [0.25, 0.3) is 0 Å². The van der Waals surface area contributed by atoms with Crippen LogP contribution in [0.4, 0.5) is 0 Å². The van der Waals surface area contributed by atoms with E-state index in [1.807, 2.05) is 13.8 Å². The standard InChI is InChI=1S/C15H22N4O4/c1-4-23-15(22)13-17-12(18-19-13)11(5-8(2)3)16-14(21)9-6-10(20)7-9/h8-9,11H,4-7H2,1-3H3,(H,16,21)(H,17,18,19). The number of ether oxygens (including phenoxy) is 1. The van der Waals surface area contributed by atoms with Gasteiger partial charge in [0.2, 0.25) is 5.91 Å². The molecule has 1 aromatic heterocycles. The van der Waals surface area contributed by atoms with E-state index in [1.165, 1.54) is 0 Å². The van der Waals surface area contributed by atoms with Crippen LogP contribution < -0.4 is 5.32 Å². The number of carbonyl (C=O) groups excluding carboxylic acids is 3. The number of Topliss-reactive ketones (excluding diaryl/α,β-unsaturated/α-hetero) is 1. The van der Waals surface area contributed by atoms with E-state index in [2.05, 4.69) is 20.5 Å². The first-order valence-corrected chi connectivity index (χ1v) is 7.82. The van der Waals surface area contributed by atoms with Gasteiger partial charge in [-0.25, -0.2) is 9.78 Å². The number of amides is 1. The van der Waals surface area contributed by atoms with Crippen LogP contribution in [0.15, 0.2) is 0 Å². The van der Waals surface area contributed by atoms with Crippen LogP contribution in [-0.4, -0.2) is 39.4 Å². The molecule has 0 aromatic carbocycles. The Morgan fingerprint density at radius 1 is 1.39 bits per heavy atom. The molecule has 1 atom stereocenters. The Morgan fingerprint density at radius 3 is 2.65 bits per heavy atom. The summed E-state index contributed by atoms with van der Waals surface area (Å²) in [7, 11) is 0. The molecule has 0 radical (unpaired) electrons. The summed E-state index contributed by atoms with van der Waals surface area (Å²) >= 11 is 0. The van der Waals surface area contributed by atoms with Crippen molar-refractivity contribution in [1.29, 1.82) is 0 Å². The Bertz CT molecular complexity index is 588. The number of nitrogens with zero attached hydrogens (tertiary/aromatic N) is 2. The summed E-state index contributed by atoms with van der Waals surface area (Å²) in [5.74, 6) is -0.248. The summed E-state index contributed by atoms with van der Waals surface area (Å²) in [5.41, 5.74) is 0. The molecule has 1 amide bonds. The zero-order valence-electron chi connectivity index (χ0n) is 13.6. The molecule has 0 bridgehead atoms. The van der Waals surface area contributed by atoms with Crippen LogP contribution in [0.3, 0.4) is 0 Å². The van der Waals surface area contributed by atoms with Crippen LogP contribution >= 0.6 is 0 Å². The Hall–Kier alpha value is -2.25. The number of H-pyrrole nitrogens is 1. The third-order valence-corrected chi connectivity index (χ3v) is 3.63. The summed E-state index contributed by atoms with van der Waals surface area (Å²) in [4.78, 5) is 39.0. The first-order chi connectivity index (χ1) is 10.9. The van der Waals surface area contributed by atoms with Crippen molar-refractivity contribution in [2.45, 2.75) is 46.1 Å². The van der Waals surface area contributed by atoms with Gasteiger partial charge in [-0.3, -0.25) is 14.7 Å². The van der Waals surface area contributed by atoms with Gasteiger partial charge in [0.15, 0.2) is 0 Å². The van der Waals surface area contributed by atoms with Gasteiger partial charge >= 0.3 is 5.97 Å². The average Bonchev–Trinajstić information content (AvgIpc) is 2.92. The van der Waals surface area contributed by atoms with Crippen molar-refractivity contribution in [2.75, 3.05) is 6.61 Å². The van der Waals surface area contributed by atoms with Crippen molar-refractivity contribution in [1.82, 2.24) is 20.5 Å². The number of aromatic amines is 1. The molecule has 1 aromatic rings. The van der Waals surface area contributed by atoms with Gasteiger partial charge in [-0.2, -0.15) is 0 Å². The summed E-state index contributed by atoms with van der Waals surface area (Å²) in [6, 6.07) is -0.381. The Labute approximate surface area is 134 Å². The monoisotopic (exact) mass is 322 g/mol. The number of carbonyl (C=O) groups is 3. The van der Waals surface area contributed by atoms with Crippen molar-refractivity contribution < 1.29 is 19.1 Å². The van der Waals surface area contributed by atoms with Gasteiger partial charge in [-0.15, -0.1) is 5.10 Å². The molecule has 1 saturated carbocycles. The molecule has 8 heteroatoms. The highest BCUT2D eigenvalue weighted by molar-refractivity contribution is 5.96. The van der Waals surface area contributed by atoms with Crippen LogP contribution in [-0.2, 0) is 14.3 Å².